The van der Waals surface area contributed by atoms with E-state index >= 15 is 0 Å². The highest BCUT2D eigenvalue weighted by Crippen LogP contribution is 2.22. The van der Waals surface area contributed by atoms with E-state index < -0.39 is 47.8 Å². The second-order valence-electron chi connectivity index (χ2n) is 15.1. The minimum absolute atomic E-state index is 0.0815. The van der Waals surface area contributed by atoms with E-state index in [1.165, 1.54) is 11.3 Å². The smallest absolute Gasteiger partial charge is 0.243 e. The quantitative estimate of drug-likeness (QED) is 0.0548. The summed E-state index contributed by atoms with van der Waals surface area (Å²) in [7, 11) is 0. The van der Waals surface area contributed by atoms with Crippen LogP contribution in [0.3, 0.4) is 0 Å². The Morgan fingerprint density at radius 2 is 1.29 bits per heavy atom. The van der Waals surface area contributed by atoms with E-state index in [0.717, 1.165) is 38.7 Å². The number of aromatic amines is 1. The Bertz CT molecular complexity index is 2150. The summed E-state index contributed by atoms with van der Waals surface area (Å²) < 4.78 is 0. The number of amides is 5. The maximum absolute atomic E-state index is 14.5. The predicted octanol–water partition coefficient (Wildman–Crippen LogP) is 3.48. The number of unbranched alkanes of at least 4 members (excludes halogenated alkanes) is 1. The van der Waals surface area contributed by atoms with Crippen molar-refractivity contribution in [2.45, 2.75) is 75.5 Å². The van der Waals surface area contributed by atoms with Crippen LogP contribution in [0.15, 0.2) is 102 Å². The number of benzene rings is 3. The summed E-state index contributed by atoms with van der Waals surface area (Å²) in [6, 6.07) is 23.1. The number of rotatable bonds is 20. The molecule has 3 aromatic carbocycles. The number of carbonyl (C=O) groups is 5. The molecule has 5 amide bonds. The fourth-order valence-corrected chi connectivity index (χ4v) is 8.14. The summed E-state index contributed by atoms with van der Waals surface area (Å²) in [5.74, 6) is -2.88. The summed E-state index contributed by atoms with van der Waals surface area (Å²) in [5, 5.41) is 19.6. The number of hydrogen-bond donors (Lipinski definition) is 8. The van der Waals surface area contributed by atoms with Crippen LogP contribution >= 0.6 is 11.3 Å². The van der Waals surface area contributed by atoms with Gasteiger partial charge < -0.3 is 43.0 Å². The first kappa shape index (κ1) is 42.8. The second kappa shape index (κ2) is 21.3. The molecule has 0 saturated carbocycles. The van der Waals surface area contributed by atoms with Crippen molar-refractivity contribution in [3.63, 3.8) is 0 Å². The molecule has 13 nitrogen and oxygen atoms in total. The average molecular weight is 819 g/mol. The van der Waals surface area contributed by atoms with E-state index in [1.54, 1.807) is 6.20 Å². The zero-order valence-electron chi connectivity index (χ0n) is 33.1. The van der Waals surface area contributed by atoms with Crippen molar-refractivity contribution < 1.29 is 24.0 Å². The lowest BCUT2D eigenvalue weighted by atomic mass is 9.95. The molecule has 14 heteroatoms. The molecule has 0 bridgehead atoms. The van der Waals surface area contributed by atoms with Crippen molar-refractivity contribution in [3.8, 4) is 11.1 Å². The molecule has 10 N–H and O–H groups in total. The highest BCUT2D eigenvalue weighted by atomic mass is 32.1. The van der Waals surface area contributed by atoms with Gasteiger partial charge in [0.2, 0.25) is 29.5 Å². The van der Waals surface area contributed by atoms with Crippen LogP contribution in [-0.2, 0) is 43.2 Å². The van der Waals surface area contributed by atoms with Crippen molar-refractivity contribution in [2.24, 2.45) is 17.4 Å². The van der Waals surface area contributed by atoms with Gasteiger partial charge in [0.1, 0.15) is 24.2 Å². The number of primary amides is 1. The largest absolute Gasteiger partial charge is 0.368 e. The van der Waals surface area contributed by atoms with Crippen LogP contribution in [0, 0.1) is 5.92 Å². The third-order valence-electron chi connectivity index (χ3n) is 10.8. The predicted molar refractivity (Wildman–Crippen MR) is 231 cm³/mol. The van der Waals surface area contributed by atoms with Crippen molar-refractivity contribution >= 4 is 51.8 Å². The van der Waals surface area contributed by atoms with Crippen LogP contribution < -0.4 is 38.1 Å². The van der Waals surface area contributed by atoms with Gasteiger partial charge in [-0.3, -0.25) is 24.0 Å². The molecular formula is C45H54N8O5S. The van der Waals surface area contributed by atoms with Crippen LogP contribution in [0.4, 0.5) is 0 Å². The summed E-state index contributed by atoms with van der Waals surface area (Å²) in [4.78, 5) is 72.2. The first-order valence-corrected chi connectivity index (χ1v) is 21.2. The molecular weight excluding hydrogens is 765 g/mol. The standard InChI is InChI=1S/C45H54N8O5S/c46-20-7-6-12-37(41(47)54)50-43(56)39(25-30-19-23-59-28-30)52-45(58)40(26-34-27-49-36-11-5-4-10-35(34)36)53-44(57)38(51-42(55)33-17-21-48-22-18-33)24-29-13-15-32(16-14-29)31-8-2-1-3-9-31/h1-5,8-11,13-16,19,23,27-28,33,37-40,48-49H,6-7,12,17-18,20-22,24-26,46H2,(H2,47,54)(H,50,56)(H,51,55)(H,52,58)(H,53,57)/t37-,38+,39-,40+/m0/s1. The number of para-hydroxylation sites is 1. The van der Waals surface area contributed by atoms with Gasteiger partial charge in [-0.15, -0.1) is 0 Å². The molecule has 4 atom stereocenters. The highest BCUT2D eigenvalue weighted by molar-refractivity contribution is 7.07. The summed E-state index contributed by atoms with van der Waals surface area (Å²) in [6.45, 7) is 1.84. The molecule has 1 saturated heterocycles. The van der Waals surface area contributed by atoms with Gasteiger partial charge in [-0.1, -0.05) is 72.8 Å². The average Bonchev–Trinajstić information content (AvgIpc) is 3.93. The molecule has 0 spiro atoms. The molecule has 6 rings (SSSR count). The number of aromatic nitrogens is 1. The van der Waals surface area contributed by atoms with E-state index in [1.807, 2.05) is 95.7 Å². The van der Waals surface area contributed by atoms with E-state index in [2.05, 4.69) is 31.6 Å². The van der Waals surface area contributed by atoms with Crippen molar-refractivity contribution in [3.05, 3.63) is 119 Å². The molecule has 1 aliphatic heterocycles. The van der Waals surface area contributed by atoms with Crippen LogP contribution in [0.25, 0.3) is 22.0 Å². The van der Waals surface area contributed by atoms with Crippen LogP contribution in [0.2, 0.25) is 0 Å². The Labute approximate surface area is 348 Å². The fraction of sp³-hybridized carbons (Fsp3) is 0.356. The molecule has 59 heavy (non-hydrogen) atoms. The summed E-state index contributed by atoms with van der Waals surface area (Å²) >= 11 is 1.45. The Hall–Kier alpha value is -5.83. The topological polar surface area (TPSA) is 213 Å². The van der Waals surface area contributed by atoms with E-state index in [9.17, 15) is 24.0 Å². The number of fused-ring (bicyclic) bond motifs is 1. The Morgan fingerprint density at radius 1 is 0.678 bits per heavy atom. The molecule has 310 valence electrons. The lowest BCUT2D eigenvalue weighted by molar-refractivity contribution is -0.135. The van der Waals surface area contributed by atoms with E-state index in [-0.39, 0.29) is 31.1 Å². The van der Waals surface area contributed by atoms with Gasteiger partial charge in [-0.2, -0.15) is 11.3 Å². The van der Waals surface area contributed by atoms with Gasteiger partial charge in [0, 0.05) is 42.3 Å². The van der Waals surface area contributed by atoms with Crippen LogP contribution in [-0.4, -0.2) is 78.3 Å². The zero-order valence-corrected chi connectivity index (χ0v) is 33.9. The fourth-order valence-electron chi connectivity index (χ4n) is 7.46. The van der Waals surface area contributed by atoms with Crippen molar-refractivity contribution in [2.75, 3.05) is 19.6 Å². The van der Waals surface area contributed by atoms with Gasteiger partial charge in [-0.25, -0.2) is 0 Å². The maximum atomic E-state index is 14.5. The molecule has 2 aromatic heterocycles. The molecule has 1 fully saturated rings. The first-order valence-electron chi connectivity index (χ1n) is 20.3. The van der Waals surface area contributed by atoms with Gasteiger partial charge in [0.15, 0.2) is 0 Å². The minimum Gasteiger partial charge on any atom is -0.368 e. The van der Waals surface area contributed by atoms with Crippen molar-refractivity contribution in [1.82, 2.24) is 31.6 Å². The van der Waals surface area contributed by atoms with Gasteiger partial charge in [-0.05, 0) is 102 Å². The van der Waals surface area contributed by atoms with Crippen LogP contribution in [0.5, 0.6) is 0 Å². The normalized spacial score (nSPS) is 15.1. The molecule has 0 unspecified atom stereocenters. The Morgan fingerprint density at radius 3 is 1.95 bits per heavy atom. The first-order chi connectivity index (χ1) is 28.7. The Balaban J connectivity index is 1.27. The number of nitrogens with one attached hydrogen (secondary N) is 6. The number of piperidine rings is 1. The maximum Gasteiger partial charge on any atom is 0.243 e. The lowest BCUT2D eigenvalue weighted by Crippen LogP contribution is -2.59. The Kier molecular flexibility index (Phi) is 15.4. The number of carbonyl (C=O) groups excluding carboxylic acids is 5. The SMILES string of the molecule is NCCCC[C@H](NC(=O)[C@H](Cc1ccsc1)NC(=O)[C@@H](Cc1c[nH]c2ccccc12)NC(=O)[C@@H](Cc1ccc(-c2ccccc2)cc1)NC(=O)C1CCNCC1)C(N)=O. The molecule has 5 aromatic rings. The minimum atomic E-state index is -1.16. The lowest BCUT2D eigenvalue weighted by Gasteiger charge is -2.28. The van der Waals surface area contributed by atoms with Gasteiger partial charge in [0.25, 0.3) is 0 Å². The monoisotopic (exact) mass is 818 g/mol. The highest BCUT2D eigenvalue weighted by Gasteiger charge is 2.33. The summed E-state index contributed by atoms with van der Waals surface area (Å²) in [5.41, 5.74) is 16.7. The third-order valence-corrected chi connectivity index (χ3v) is 11.6. The van der Waals surface area contributed by atoms with Gasteiger partial charge in [0.05, 0.1) is 0 Å². The van der Waals surface area contributed by atoms with Crippen LogP contribution in [0.1, 0.15) is 48.8 Å². The molecule has 0 aliphatic carbocycles. The zero-order chi connectivity index (χ0) is 41.6. The molecule has 3 heterocycles. The number of thiophene rings is 1. The molecule has 1 aliphatic rings. The van der Waals surface area contributed by atoms with Gasteiger partial charge >= 0.3 is 0 Å². The number of hydrogen-bond acceptors (Lipinski definition) is 8. The number of nitrogens with two attached hydrogens (primary N) is 2. The number of H-pyrrole nitrogens is 1. The third kappa shape index (κ3) is 12.1. The summed E-state index contributed by atoms with van der Waals surface area (Å²) in [6.07, 6.45) is 5.03. The second-order valence-corrected chi connectivity index (χ2v) is 15.9. The molecule has 0 radical (unpaired) electrons. The van der Waals surface area contributed by atoms with E-state index in [4.69, 9.17) is 11.5 Å². The van der Waals surface area contributed by atoms with E-state index in [0.29, 0.717) is 51.7 Å². The van der Waals surface area contributed by atoms with Crippen molar-refractivity contribution in [1.29, 1.82) is 0 Å².